The topological polar surface area (TPSA) is 83.8 Å². The molecule has 2 atom stereocenters. The van der Waals surface area contributed by atoms with Crippen LogP contribution < -0.4 is 4.74 Å². The number of rotatable bonds is 13. The highest BCUT2D eigenvalue weighted by molar-refractivity contribution is 5.81. The van der Waals surface area contributed by atoms with Gasteiger partial charge >= 0.3 is 11.9 Å². The number of hydrogen-bond acceptors (Lipinski definition) is 3. The van der Waals surface area contributed by atoms with Crippen molar-refractivity contribution < 1.29 is 24.5 Å². The van der Waals surface area contributed by atoms with Gasteiger partial charge in [0, 0.05) is 0 Å². The summed E-state index contributed by atoms with van der Waals surface area (Å²) in [6, 6.07) is 5.27. The fourth-order valence-electron chi connectivity index (χ4n) is 3.31. The summed E-state index contributed by atoms with van der Waals surface area (Å²) in [4.78, 5) is 24.1. The monoisotopic (exact) mass is 392 g/mol. The van der Waals surface area contributed by atoms with Gasteiger partial charge in [0.25, 0.3) is 0 Å². The van der Waals surface area contributed by atoms with E-state index in [2.05, 4.69) is 27.7 Å². The van der Waals surface area contributed by atoms with Crippen LogP contribution in [0.2, 0.25) is 0 Å². The summed E-state index contributed by atoms with van der Waals surface area (Å²) in [5.74, 6) is -1.90. The molecule has 0 radical (unpaired) electrons. The first-order chi connectivity index (χ1) is 13.2. The third-order valence-corrected chi connectivity index (χ3v) is 4.94. The number of carboxylic acids is 2. The summed E-state index contributed by atoms with van der Waals surface area (Å²) < 4.78 is 5.70. The summed E-state index contributed by atoms with van der Waals surface area (Å²) in [5.41, 5.74) is 1.19. The Balaban J connectivity index is 3.38. The third-order valence-electron chi connectivity index (χ3n) is 4.94. The molecule has 0 fully saturated rings. The van der Waals surface area contributed by atoms with Crippen LogP contribution in [0.15, 0.2) is 18.2 Å². The van der Waals surface area contributed by atoms with Crippen LogP contribution in [0.5, 0.6) is 5.75 Å². The number of carbonyl (C=O) groups is 2. The van der Waals surface area contributed by atoms with Crippen LogP contribution in [0.4, 0.5) is 0 Å². The van der Waals surface area contributed by atoms with E-state index < -0.39 is 23.8 Å². The van der Waals surface area contributed by atoms with E-state index in [-0.39, 0.29) is 0 Å². The zero-order chi connectivity index (χ0) is 21.3. The van der Waals surface area contributed by atoms with Gasteiger partial charge in [0.1, 0.15) is 5.75 Å². The predicted octanol–water partition coefficient (Wildman–Crippen LogP) is 5.68. The van der Waals surface area contributed by atoms with Crippen molar-refractivity contribution in [3.05, 3.63) is 29.3 Å². The molecule has 0 aliphatic carbocycles. The second-order valence-electron chi connectivity index (χ2n) is 8.36. The minimum atomic E-state index is -0.914. The molecule has 1 aromatic carbocycles. The molecular weight excluding hydrogens is 356 g/mol. The molecule has 5 nitrogen and oxygen atoms in total. The lowest BCUT2D eigenvalue weighted by Gasteiger charge is -2.23. The number of benzene rings is 1. The molecule has 2 unspecified atom stereocenters. The van der Waals surface area contributed by atoms with Crippen molar-refractivity contribution in [2.45, 2.75) is 78.6 Å². The average Bonchev–Trinajstić information content (AvgIpc) is 2.60. The van der Waals surface area contributed by atoms with Gasteiger partial charge in [-0.2, -0.15) is 0 Å². The zero-order valence-electron chi connectivity index (χ0n) is 17.9. The lowest BCUT2D eigenvalue weighted by Crippen LogP contribution is -2.20. The van der Waals surface area contributed by atoms with Crippen LogP contribution in [0.1, 0.15) is 89.7 Å². The molecule has 0 aliphatic rings. The van der Waals surface area contributed by atoms with Gasteiger partial charge < -0.3 is 14.9 Å². The second-order valence-corrected chi connectivity index (χ2v) is 8.36. The molecule has 28 heavy (non-hydrogen) atoms. The van der Waals surface area contributed by atoms with E-state index in [1.807, 2.05) is 6.92 Å². The van der Waals surface area contributed by atoms with Crippen molar-refractivity contribution in [3.63, 3.8) is 0 Å². The van der Waals surface area contributed by atoms with Gasteiger partial charge in [-0.25, -0.2) is 0 Å². The summed E-state index contributed by atoms with van der Waals surface area (Å²) in [6.07, 6.45) is 3.35. The largest absolute Gasteiger partial charge is 0.494 e. The van der Waals surface area contributed by atoms with E-state index >= 15 is 0 Å². The van der Waals surface area contributed by atoms with E-state index in [9.17, 15) is 19.8 Å². The normalized spacial score (nSPS) is 13.5. The van der Waals surface area contributed by atoms with Crippen LogP contribution in [0, 0.1) is 11.8 Å². The molecule has 0 saturated carbocycles. The Morgan fingerprint density at radius 2 is 1.36 bits per heavy atom. The maximum Gasteiger partial charge on any atom is 0.310 e. The summed E-state index contributed by atoms with van der Waals surface area (Å²) >= 11 is 0. The molecule has 1 aromatic rings. The van der Waals surface area contributed by atoms with Crippen LogP contribution >= 0.6 is 0 Å². The Labute approximate surface area is 169 Å². The highest BCUT2D eigenvalue weighted by Crippen LogP contribution is 2.36. The van der Waals surface area contributed by atoms with E-state index in [1.54, 1.807) is 18.2 Å². The first-order valence-electron chi connectivity index (χ1n) is 10.4. The fraction of sp³-hybridized carbons (Fsp3) is 0.652. The van der Waals surface area contributed by atoms with Gasteiger partial charge in [0.05, 0.1) is 18.4 Å². The van der Waals surface area contributed by atoms with Crippen molar-refractivity contribution in [2.75, 3.05) is 6.61 Å². The molecule has 5 heteroatoms. The lowest BCUT2D eigenvalue weighted by atomic mass is 9.81. The van der Waals surface area contributed by atoms with Gasteiger partial charge in [0.2, 0.25) is 0 Å². The molecular formula is C23H36O5. The number of aliphatic carboxylic acids is 2. The second kappa shape index (κ2) is 11.7. The zero-order valence-corrected chi connectivity index (χ0v) is 17.9. The van der Waals surface area contributed by atoms with Gasteiger partial charge in [-0.3, -0.25) is 9.59 Å². The smallest absolute Gasteiger partial charge is 0.310 e. The molecule has 0 saturated heterocycles. The molecule has 2 N–H and O–H groups in total. The van der Waals surface area contributed by atoms with Crippen molar-refractivity contribution in [1.29, 1.82) is 0 Å². The molecule has 0 aromatic heterocycles. The quantitative estimate of drug-likeness (QED) is 0.451. The Morgan fingerprint density at radius 1 is 0.857 bits per heavy atom. The lowest BCUT2D eigenvalue weighted by molar-refractivity contribution is -0.140. The minimum absolute atomic E-state index is 0.376. The number of hydrogen-bond donors (Lipinski definition) is 2. The van der Waals surface area contributed by atoms with Gasteiger partial charge in [-0.15, -0.1) is 0 Å². The molecule has 1 rings (SSSR count). The first kappa shape index (κ1) is 24.0. The maximum absolute atomic E-state index is 12.1. The molecule has 0 aliphatic heterocycles. The van der Waals surface area contributed by atoms with Crippen molar-refractivity contribution in [1.82, 2.24) is 0 Å². The van der Waals surface area contributed by atoms with Crippen LogP contribution in [0.3, 0.4) is 0 Å². The number of carboxylic acid groups (broad SMARTS) is 2. The average molecular weight is 393 g/mol. The molecule has 0 spiro atoms. The summed E-state index contributed by atoms with van der Waals surface area (Å²) in [5, 5.41) is 19.7. The Kier molecular flexibility index (Phi) is 10.0. The van der Waals surface area contributed by atoms with Crippen LogP contribution in [0.25, 0.3) is 0 Å². The van der Waals surface area contributed by atoms with Gasteiger partial charge in [-0.05, 0) is 67.2 Å². The number of ether oxygens (including phenoxy) is 1. The highest BCUT2D eigenvalue weighted by atomic mass is 16.5. The first-order valence-corrected chi connectivity index (χ1v) is 10.4. The summed E-state index contributed by atoms with van der Waals surface area (Å²) in [6.45, 7) is 10.8. The molecule has 0 heterocycles. The fourth-order valence-corrected chi connectivity index (χ4v) is 3.31. The van der Waals surface area contributed by atoms with Gasteiger partial charge in [-0.1, -0.05) is 40.7 Å². The third kappa shape index (κ3) is 7.53. The maximum atomic E-state index is 12.1. The minimum Gasteiger partial charge on any atom is -0.494 e. The van der Waals surface area contributed by atoms with E-state index in [1.165, 1.54) is 0 Å². The molecule has 158 valence electrons. The van der Waals surface area contributed by atoms with Gasteiger partial charge in [0.15, 0.2) is 0 Å². The standard InChI is InChI=1S/C23H36O5/c1-6-13-28-17-9-12-18(19(22(24)25)10-7-15(2)3)21(14-17)20(23(26)27)11-8-16(4)5/h9,12,14-16,19-20H,6-8,10-11,13H2,1-5H3,(H,24,25)(H,26,27). The predicted molar refractivity (Wildman–Crippen MR) is 111 cm³/mol. The Morgan fingerprint density at radius 3 is 1.79 bits per heavy atom. The van der Waals surface area contributed by atoms with Crippen LogP contribution in [-0.4, -0.2) is 28.8 Å². The van der Waals surface area contributed by atoms with Crippen molar-refractivity contribution in [2.24, 2.45) is 11.8 Å². The van der Waals surface area contributed by atoms with E-state index in [4.69, 9.17) is 4.74 Å². The van der Waals surface area contributed by atoms with Crippen LogP contribution in [-0.2, 0) is 9.59 Å². The van der Waals surface area contributed by atoms with Crippen molar-refractivity contribution in [3.8, 4) is 5.75 Å². The van der Waals surface area contributed by atoms with E-state index in [0.29, 0.717) is 48.2 Å². The Bertz CT molecular complexity index is 636. The molecule has 0 bridgehead atoms. The van der Waals surface area contributed by atoms with E-state index in [0.717, 1.165) is 19.3 Å². The SMILES string of the molecule is CCCOc1ccc(C(CCC(C)C)C(=O)O)c(C(CCC(C)C)C(=O)O)c1. The van der Waals surface area contributed by atoms with Crippen molar-refractivity contribution >= 4 is 11.9 Å². The Hall–Kier alpha value is -2.04. The molecule has 0 amide bonds. The highest BCUT2D eigenvalue weighted by Gasteiger charge is 2.29. The summed E-state index contributed by atoms with van der Waals surface area (Å²) in [7, 11) is 0.